The molecule has 5 rings (SSSR count). The van der Waals surface area contributed by atoms with Crippen LogP contribution in [0.3, 0.4) is 0 Å². The summed E-state index contributed by atoms with van der Waals surface area (Å²) in [5, 5.41) is 13.3. The third-order valence-electron chi connectivity index (χ3n) is 5.03. The van der Waals surface area contributed by atoms with Gasteiger partial charge < -0.3 is 14.8 Å². The fourth-order valence-electron chi connectivity index (χ4n) is 3.37. The maximum Gasteiger partial charge on any atom is 0.482 e. The van der Waals surface area contributed by atoms with E-state index < -0.39 is 17.8 Å². The molecule has 0 bridgehead atoms. The van der Waals surface area contributed by atoms with E-state index in [2.05, 4.69) is 30.2 Å². The number of hydrogen-bond donors (Lipinski definition) is 1. The number of ether oxygens (including phenoxy) is 2. The molecule has 0 saturated heterocycles. The van der Waals surface area contributed by atoms with Crippen LogP contribution >= 0.6 is 0 Å². The fraction of sp³-hybridized carbons (Fsp3) is 0.130. The molecule has 0 spiro atoms. The summed E-state index contributed by atoms with van der Waals surface area (Å²) in [4.78, 5) is 20.6. The Morgan fingerprint density at radius 1 is 1.05 bits per heavy atom. The molecule has 3 aromatic heterocycles. The number of carbonyl (C=O) groups excluding carboxylic acids is 1. The number of aromatic nitrogens is 7. The number of nitrogens with zero attached hydrogens (tertiary/aromatic N) is 7. The third kappa shape index (κ3) is 5.03. The van der Waals surface area contributed by atoms with Crippen LogP contribution in [0.25, 0.3) is 17.0 Å². The number of aryl methyl sites for hydroxylation is 1. The van der Waals surface area contributed by atoms with Crippen LogP contribution < -0.4 is 14.8 Å². The first kappa shape index (κ1) is 23.7. The lowest BCUT2D eigenvalue weighted by Crippen LogP contribution is -2.40. The summed E-state index contributed by atoms with van der Waals surface area (Å²) < 4.78 is 55.5. The van der Waals surface area contributed by atoms with E-state index in [9.17, 15) is 18.0 Å². The molecule has 5 aromatic rings. The van der Waals surface area contributed by atoms with Gasteiger partial charge in [0.25, 0.3) is 5.95 Å². The number of imidazole rings is 1. The highest BCUT2D eigenvalue weighted by Gasteiger charge is 2.42. The molecule has 2 aromatic carbocycles. The molecule has 0 aliphatic carbocycles. The second-order valence-corrected chi connectivity index (χ2v) is 7.65. The minimum absolute atomic E-state index is 0.0394. The van der Waals surface area contributed by atoms with Gasteiger partial charge in [0.1, 0.15) is 24.0 Å². The predicted molar refractivity (Wildman–Crippen MR) is 123 cm³/mol. The first-order valence-electron chi connectivity index (χ1n) is 10.7. The number of amides is 1. The molecule has 1 amide bonds. The minimum atomic E-state index is -4.14. The molecule has 0 atom stereocenters. The van der Waals surface area contributed by atoms with Gasteiger partial charge in [-0.05, 0) is 46.8 Å². The number of fused-ring (bicyclic) bond motifs is 1. The van der Waals surface area contributed by atoms with Crippen LogP contribution in [0, 0.1) is 5.82 Å². The number of para-hydroxylation sites is 1. The number of halogens is 3. The van der Waals surface area contributed by atoms with Gasteiger partial charge in [-0.1, -0.05) is 29.4 Å². The largest absolute Gasteiger partial charge is 0.482 e. The Balaban J connectivity index is 1.34. The van der Waals surface area contributed by atoms with Gasteiger partial charge in [0, 0.05) is 13.1 Å². The van der Waals surface area contributed by atoms with Gasteiger partial charge in [0.15, 0.2) is 0 Å². The van der Waals surface area contributed by atoms with E-state index in [-0.39, 0.29) is 35.8 Å². The number of pyridine rings is 1. The number of hydrogen-bond acceptors (Lipinski definition) is 8. The smallest absolute Gasteiger partial charge is 0.458 e. The molecule has 0 aliphatic heterocycles. The van der Waals surface area contributed by atoms with Crippen molar-refractivity contribution in [3.8, 4) is 17.7 Å². The van der Waals surface area contributed by atoms with Crippen molar-refractivity contribution in [3.63, 3.8) is 0 Å². The SMILES string of the molecule is Cn1nnnc1-n1c(OCc2cccc(NC(=O)C(F)(F)Oc3ccccc3)n2)nc2ccc(F)cc21. The molecule has 0 saturated carbocycles. The highest BCUT2D eigenvalue weighted by molar-refractivity contribution is 5.94. The summed E-state index contributed by atoms with van der Waals surface area (Å²) in [6, 6.07) is 15.7. The zero-order chi connectivity index (χ0) is 26.0. The van der Waals surface area contributed by atoms with Gasteiger partial charge in [0.05, 0.1) is 16.7 Å². The number of nitrogens with one attached hydrogen (secondary N) is 1. The predicted octanol–water partition coefficient (Wildman–Crippen LogP) is 3.27. The lowest BCUT2D eigenvalue weighted by atomic mass is 10.3. The molecule has 1 N–H and O–H groups in total. The van der Waals surface area contributed by atoms with Crippen molar-refractivity contribution in [3.05, 3.63) is 78.2 Å². The van der Waals surface area contributed by atoms with Gasteiger partial charge in [-0.3, -0.25) is 4.79 Å². The van der Waals surface area contributed by atoms with E-state index in [1.165, 1.54) is 63.8 Å². The van der Waals surface area contributed by atoms with Crippen LogP contribution in [0.5, 0.6) is 11.8 Å². The molecule has 0 aliphatic rings. The average Bonchev–Trinajstić information content (AvgIpc) is 3.45. The van der Waals surface area contributed by atoms with E-state index in [1.54, 1.807) is 19.2 Å². The van der Waals surface area contributed by atoms with Crippen molar-refractivity contribution in [1.82, 2.24) is 34.7 Å². The zero-order valence-corrected chi connectivity index (χ0v) is 19.0. The molecule has 11 nitrogen and oxygen atoms in total. The molecular formula is C23H17F3N8O3. The van der Waals surface area contributed by atoms with E-state index in [0.717, 1.165) is 0 Å². The lowest BCUT2D eigenvalue weighted by Gasteiger charge is -2.17. The van der Waals surface area contributed by atoms with Crippen LogP contribution in [0.4, 0.5) is 19.0 Å². The fourth-order valence-corrected chi connectivity index (χ4v) is 3.37. The minimum Gasteiger partial charge on any atom is -0.458 e. The summed E-state index contributed by atoms with van der Waals surface area (Å²) in [6.07, 6.45) is -4.14. The van der Waals surface area contributed by atoms with Crippen LogP contribution in [0.1, 0.15) is 5.69 Å². The van der Waals surface area contributed by atoms with Crippen LogP contribution in [0.15, 0.2) is 66.7 Å². The zero-order valence-electron chi connectivity index (χ0n) is 19.0. The average molecular weight is 510 g/mol. The maximum absolute atomic E-state index is 14.3. The van der Waals surface area contributed by atoms with E-state index in [0.29, 0.717) is 11.0 Å². The number of carbonyl (C=O) groups is 1. The summed E-state index contributed by atoms with van der Waals surface area (Å²) in [5.74, 6) is -2.28. The van der Waals surface area contributed by atoms with Gasteiger partial charge in [-0.2, -0.15) is 13.8 Å². The molecule has 0 unspecified atom stereocenters. The Bertz CT molecular complexity index is 1570. The van der Waals surface area contributed by atoms with Crippen LogP contribution in [-0.2, 0) is 18.4 Å². The van der Waals surface area contributed by atoms with Gasteiger partial charge in [-0.15, -0.1) is 0 Å². The van der Waals surface area contributed by atoms with Gasteiger partial charge in [0.2, 0.25) is 0 Å². The van der Waals surface area contributed by atoms with Crippen molar-refractivity contribution in [1.29, 1.82) is 0 Å². The number of benzene rings is 2. The topological polar surface area (TPSA) is 122 Å². The summed E-state index contributed by atoms with van der Waals surface area (Å²) in [6.45, 7) is -0.169. The summed E-state index contributed by atoms with van der Waals surface area (Å²) >= 11 is 0. The molecule has 37 heavy (non-hydrogen) atoms. The van der Waals surface area contributed by atoms with Crippen LogP contribution in [-0.4, -0.2) is 46.8 Å². The van der Waals surface area contributed by atoms with Gasteiger partial charge >= 0.3 is 18.0 Å². The summed E-state index contributed by atoms with van der Waals surface area (Å²) in [5.41, 5.74) is 1.07. The second-order valence-electron chi connectivity index (χ2n) is 7.65. The highest BCUT2D eigenvalue weighted by Crippen LogP contribution is 2.26. The number of alkyl halides is 2. The Morgan fingerprint density at radius 2 is 1.86 bits per heavy atom. The van der Waals surface area contributed by atoms with E-state index >= 15 is 0 Å². The molecule has 188 valence electrons. The molecular weight excluding hydrogens is 493 g/mol. The number of anilines is 1. The quantitative estimate of drug-likeness (QED) is 0.338. The second kappa shape index (κ2) is 9.56. The Kier molecular flexibility index (Phi) is 6.13. The molecule has 3 heterocycles. The van der Waals surface area contributed by atoms with Crippen LogP contribution in [0.2, 0.25) is 0 Å². The van der Waals surface area contributed by atoms with Crippen molar-refractivity contribution in [2.45, 2.75) is 12.7 Å². The standard InChI is InChI=1S/C23H17F3N8O3/c1-33-21(30-31-32-33)34-18-12-14(24)10-11-17(18)28-22(34)36-13-15-6-5-9-19(27-15)29-20(35)23(25,26)37-16-7-3-2-4-8-16/h2-12H,13H2,1H3,(H,27,29,35). The van der Waals surface area contributed by atoms with Crippen molar-refractivity contribution in [2.24, 2.45) is 7.05 Å². The van der Waals surface area contributed by atoms with Crippen molar-refractivity contribution >= 4 is 22.8 Å². The van der Waals surface area contributed by atoms with Crippen molar-refractivity contribution < 1.29 is 27.4 Å². The monoisotopic (exact) mass is 510 g/mol. The third-order valence-corrected chi connectivity index (χ3v) is 5.03. The van der Waals surface area contributed by atoms with E-state index in [1.807, 2.05) is 5.32 Å². The maximum atomic E-state index is 14.3. The first-order chi connectivity index (χ1) is 17.8. The lowest BCUT2D eigenvalue weighted by molar-refractivity contribution is -0.187. The summed E-state index contributed by atoms with van der Waals surface area (Å²) in [7, 11) is 1.59. The van der Waals surface area contributed by atoms with E-state index in [4.69, 9.17) is 4.74 Å². The normalized spacial score (nSPS) is 11.5. The highest BCUT2D eigenvalue weighted by atomic mass is 19.3. The molecule has 0 fully saturated rings. The molecule has 0 radical (unpaired) electrons. The Labute approximate surface area is 206 Å². The first-order valence-corrected chi connectivity index (χ1v) is 10.7. The van der Waals surface area contributed by atoms with Crippen molar-refractivity contribution in [2.75, 3.05) is 5.32 Å². The number of tetrazole rings is 1. The Hall–Kier alpha value is -5.01. The number of rotatable bonds is 8. The molecule has 14 heteroatoms. The van der Waals surface area contributed by atoms with Gasteiger partial charge in [-0.25, -0.2) is 18.6 Å². The Morgan fingerprint density at radius 3 is 2.62 bits per heavy atom.